The first-order chi connectivity index (χ1) is 13.6. The minimum absolute atomic E-state index is 1.01. The van der Waals surface area contributed by atoms with Crippen molar-refractivity contribution in [1.82, 2.24) is 0 Å². The van der Waals surface area contributed by atoms with Crippen LogP contribution in [0, 0.1) is 38.1 Å². The molecular formula is C27H30Zr-4. The van der Waals surface area contributed by atoms with Crippen molar-refractivity contribution in [1.29, 1.82) is 0 Å². The van der Waals surface area contributed by atoms with Crippen LogP contribution in [-0.4, -0.2) is 4.21 Å². The van der Waals surface area contributed by atoms with Gasteiger partial charge in [-0.3, -0.25) is 12.2 Å². The van der Waals surface area contributed by atoms with Crippen molar-refractivity contribution in [3.8, 4) is 0 Å². The van der Waals surface area contributed by atoms with E-state index in [2.05, 4.69) is 54.5 Å². The molecule has 0 N–H and O–H groups in total. The topological polar surface area (TPSA) is 0 Å². The van der Waals surface area contributed by atoms with Crippen molar-refractivity contribution in [3.05, 3.63) is 119 Å². The van der Waals surface area contributed by atoms with Crippen molar-refractivity contribution in [3.63, 3.8) is 0 Å². The Morgan fingerprint density at radius 2 is 1.39 bits per heavy atom. The molecule has 0 spiro atoms. The first kappa shape index (κ1) is 26.2. The summed E-state index contributed by atoms with van der Waals surface area (Å²) in [6.45, 7) is 8.32. The van der Waals surface area contributed by atoms with Gasteiger partial charge in [0.25, 0.3) is 0 Å². The normalized spacial score (nSPS) is 12.4. The molecule has 28 heavy (non-hydrogen) atoms. The van der Waals surface area contributed by atoms with Crippen LogP contribution < -0.4 is 0 Å². The third-order valence-electron chi connectivity index (χ3n) is 3.67. The molecule has 0 heterocycles. The minimum atomic E-state index is 1.01. The number of benzene rings is 2. The summed E-state index contributed by atoms with van der Waals surface area (Å²) < 4.78 is 3.34. The van der Waals surface area contributed by atoms with Gasteiger partial charge in [-0.05, 0) is 0 Å². The Labute approximate surface area is 187 Å². The fraction of sp³-hybridized carbons (Fsp3) is 0.222. The summed E-state index contributed by atoms with van der Waals surface area (Å²) in [5, 5.41) is 0. The Bertz CT molecular complexity index is 687. The second-order valence-electron chi connectivity index (χ2n) is 6.08. The van der Waals surface area contributed by atoms with E-state index in [1.165, 1.54) is 46.5 Å². The molecule has 0 amide bonds. The van der Waals surface area contributed by atoms with E-state index >= 15 is 0 Å². The van der Waals surface area contributed by atoms with E-state index in [0.717, 1.165) is 12.8 Å². The quantitative estimate of drug-likeness (QED) is 0.385. The monoisotopic (exact) mass is 444 g/mol. The summed E-state index contributed by atoms with van der Waals surface area (Å²) in [6, 6.07) is 21.9. The van der Waals surface area contributed by atoms with Crippen molar-refractivity contribution in [2.75, 3.05) is 0 Å². The molecular weight excluding hydrogens is 416 g/mol. The molecule has 146 valence electrons. The predicted octanol–water partition coefficient (Wildman–Crippen LogP) is 6.95. The van der Waals surface area contributed by atoms with Gasteiger partial charge >= 0.3 is 28.4 Å². The van der Waals surface area contributed by atoms with Gasteiger partial charge in [-0.2, -0.15) is 83.4 Å². The van der Waals surface area contributed by atoms with Gasteiger partial charge in [0, 0.05) is 0 Å². The van der Waals surface area contributed by atoms with E-state index in [0.29, 0.717) is 0 Å². The summed E-state index contributed by atoms with van der Waals surface area (Å²) in [4.78, 5) is 0. The van der Waals surface area contributed by atoms with E-state index < -0.39 is 0 Å². The van der Waals surface area contributed by atoms with Crippen LogP contribution in [0.5, 0.6) is 0 Å². The van der Waals surface area contributed by atoms with Crippen LogP contribution in [0.25, 0.3) is 0 Å². The van der Waals surface area contributed by atoms with Crippen molar-refractivity contribution in [2.24, 2.45) is 0 Å². The molecule has 0 bridgehead atoms. The van der Waals surface area contributed by atoms with Gasteiger partial charge in [0.2, 0.25) is 0 Å². The summed E-state index contributed by atoms with van der Waals surface area (Å²) in [6.07, 6.45) is 16.2. The summed E-state index contributed by atoms with van der Waals surface area (Å²) in [5.74, 6) is 0. The first-order valence-electron chi connectivity index (χ1n) is 9.26. The zero-order valence-corrected chi connectivity index (χ0v) is 20.0. The molecule has 0 atom stereocenters. The molecule has 1 heteroatoms. The Morgan fingerprint density at radius 1 is 0.821 bits per heavy atom. The van der Waals surface area contributed by atoms with Crippen molar-refractivity contribution < 1.29 is 24.2 Å². The zero-order chi connectivity index (χ0) is 21.0. The number of allylic oxidation sites excluding steroid dienone is 8. The van der Waals surface area contributed by atoms with Crippen molar-refractivity contribution in [2.45, 2.75) is 40.5 Å². The molecule has 0 aliphatic heterocycles. The molecule has 2 aromatic rings. The molecule has 2 aliphatic carbocycles. The van der Waals surface area contributed by atoms with Gasteiger partial charge in [0.05, 0.1) is 0 Å². The SMILES string of the molecule is CC1=C(C)C[C-]=C1.Cc1[c-]cccc1.Cc1[c-]cccc1.[C-]1=CC=CC1.[CH2]=[Zr]. The maximum absolute atomic E-state index is 3.34. The van der Waals surface area contributed by atoms with Gasteiger partial charge < -0.3 is 0 Å². The summed E-state index contributed by atoms with van der Waals surface area (Å²) in [5.41, 5.74) is 5.24. The molecule has 2 aliphatic rings. The maximum atomic E-state index is 3.34. The molecule has 0 aromatic heterocycles. The van der Waals surface area contributed by atoms with Crippen LogP contribution in [0.2, 0.25) is 0 Å². The first-order valence-corrected chi connectivity index (χ1v) is 11.0. The molecule has 0 nitrogen and oxygen atoms in total. The second-order valence-corrected chi connectivity index (χ2v) is 6.08. The summed E-state index contributed by atoms with van der Waals surface area (Å²) in [7, 11) is 0. The van der Waals surface area contributed by atoms with Crippen LogP contribution in [-0.2, 0) is 24.2 Å². The van der Waals surface area contributed by atoms with E-state index in [1.807, 2.05) is 74.5 Å². The fourth-order valence-electron chi connectivity index (χ4n) is 1.93. The van der Waals surface area contributed by atoms with Crippen LogP contribution in [0.4, 0.5) is 0 Å². The van der Waals surface area contributed by atoms with Crippen LogP contribution in [0.15, 0.2) is 84.0 Å². The van der Waals surface area contributed by atoms with Gasteiger partial charge in [-0.1, -0.05) is 20.8 Å². The van der Waals surface area contributed by atoms with E-state index in [9.17, 15) is 0 Å². The average Bonchev–Trinajstić information content (AvgIpc) is 3.42. The molecule has 0 fully saturated rings. The predicted molar refractivity (Wildman–Crippen MR) is 120 cm³/mol. The van der Waals surface area contributed by atoms with Crippen LogP contribution in [0.3, 0.4) is 0 Å². The molecule has 0 radical (unpaired) electrons. The number of aryl methyl sites for hydroxylation is 2. The summed E-state index contributed by atoms with van der Waals surface area (Å²) >= 11 is 1.30. The van der Waals surface area contributed by atoms with Crippen LogP contribution in [0.1, 0.15) is 37.8 Å². The van der Waals surface area contributed by atoms with Crippen LogP contribution >= 0.6 is 0 Å². The Kier molecular flexibility index (Phi) is 17.3. The third-order valence-corrected chi connectivity index (χ3v) is 3.67. The van der Waals surface area contributed by atoms with Crippen molar-refractivity contribution >= 4 is 4.21 Å². The average molecular weight is 446 g/mol. The number of hydrogen-bond donors (Lipinski definition) is 0. The Hall–Kier alpha value is -1.85. The number of hydrogen-bond acceptors (Lipinski definition) is 0. The van der Waals surface area contributed by atoms with E-state index in [-0.39, 0.29) is 0 Å². The molecule has 0 unspecified atom stereocenters. The van der Waals surface area contributed by atoms with E-state index in [1.54, 1.807) is 0 Å². The Morgan fingerprint density at radius 3 is 1.54 bits per heavy atom. The Balaban J connectivity index is 0.000000339. The van der Waals surface area contributed by atoms with E-state index in [4.69, 9.17) is 0 Å². The zero-order valence-electron chi connectivity index (χ0n) is 17.5. The third kappa shape index (κ3) is 15.2. The molecule has 0 saturated carbocycles. The number of rotatable bonds is 0. The fourth-order valence-corrected chi connectivity index (χ4v) is 1.93. The second kappa shape index (κ2) is 18.5. The molecule has 0 saturated heterocycles. The van der Waals surface area contributed by atoms with Gasteiger partial charge in [0.1, 0.15) is 0 Å². The standard InChI is InChI=1S/C7H9.2C7H7.C5H5.CH2.Zr/c1-6-4-3-5-7(6)2;2*1-7-5-3-2-4-6-7;1-2-4-5-3-1;;/h4H,5H2,1-2H3;2*2-5H,1H3;1-3H,4H2;1H2;/q4*-1;;. The molecule has 2 aromatic carbocycles. The van der Waals surface area contributed by atoms with Gasteiger partial charge in [-0.25, -0.2) is 23.8 Å². The van der Waals surface area contributed by atoms with Gasteiger partial charge in [0.15, 0.2) is 0 Å². The van der Waals surface area contributed by atoms with Gasteiger partial charge in [-0.15, -0.1) is 19.8 Å². The molecule has 4 rings (SSSR count).